The van der Waals surface area contributed by atoms with Gasteiger partial charge in [-0.15, -0.1) is 0 Å². The topological polar surface area (TPSA) is 59.8 Å². The van der Waals surface area contributed by atoms with Crippen molar-refractivity contribution in [2.24, 2.45) is 0 Å². The molecule has 0 radical (unpaired) electrons. The van der Waals surface area contributed by atoms with Crippen molar-refractivity contribution in [3.63, 3.8) is 0 Å². The van der Waals surface area contributed by atoms with Gasteiger partial charge in [0.15, 0.2) is 0 Å². The Labute approximate surface area is 161 Å². The van der Waals surface area contributed by atoms with Crippen LogP contribution < -0.4 is 5.32 Å². The minimum absolute atomic E-state index is 0.132. The van der Waals surface area contributed by atoms with Crippen molar-refractivity contribution in [1.82, 2.24) is 19.9 Å². The molecule has 140 valence electrons. The van der Waals surface area contributed by atoms with Gasteiger partial charge in [0.05, 0.1) is 17.5 Å². The minimum Gasteiger partial charge on any atom is -0.352 e. The Morgan fingerprint density at radius 1 is 1.07 bits per heavy atom. The fourth-order valence-corrected chi connectivity index (χ4v) is 3.17. The quantitative estimate of drug-likeness (QED) is 0.579. The van der Waals surface area contributed by atoms with E-state index >= 15 is 0 Å². The standard InChI is InChI=1S/C22H19FN4O/c1-15-8-9-18(23)11-17(15)12-21(28)25-13-16-5-4-10-24-22(16)27-14-26-19-6-2-3-7-20(19)27/h2-11,14H,12-13H2,1H3,(H,25,28). The Morgan fingerprint density at radius 3 is 2.82 bits per heavy atom. The molecule has 28 heavy (non-hydrogen) atoms. The third-order valence-corrected chi connectivity index (χ3v) is 4.69. The molecule has 2 aromatic heterocycles. The predicted molar refractivity (Wildman–Crippen MR) is 106 cm³/mol. The summed E-state index contributed by atoms with van der Waals surface area (Å²) in [5, 5.41) is 2.91. The van der Waals surface area contributed by atoms with Gasteiger partial charge < -0.3 is 5.32 Å². The maximum Gasteiger partial charge on any atom is 0.224 e. The lowest BCUT2D eigenvalue weighted by atomic mass is 10.1. The van der Waals surface area contributed by atoms with Crippen molar-refractivity contribution < 1.29 is 9.18 Å². The summed E-state index contributed by atoms with van der Waals surface area (Å²) in [7, 11) is 0. The van der Waals surface area contributed by atoms with Crippen LogP contribution in [0.4, 0.5) is 4.39 Å². The molecule has 5 nitrogen and oxygen atoms in total. The first kappa shape index (κ1) is 17.9. The van der Waals surface area contributed by atoms with Gasteiger partial charge in [0, 0.05) is 18.3 Å². The Kier molecular flexibility index (Phi) is 4.85. The first-order chi connectivity index (χ1) is 13.6. The van der Waals surface area contributed by atoms with Crippen LogP contribution in [0.25, 0.3) is 16.9 Å². The van der Waals surface area contributed by atoms with Crippen LogP contribution in [0.15, 0.2) is 67.1 Å². The van der Waals surface area contributed by atoms with Crippen LogP contribution in [0, 0.1) is 12.7 Å². The molecule has 0 aliphatic rings. The molecule has 1 N–H and O–H groups in total. The fourth-order valence-electron chi connectivity index (χ4n) is 3.17. The number of halogens is 1. The predicted octanol–water partition coefficient (Wildman–Crippen LogP) is 3.73. The van der Waals surface area contributed by atoms with Crippen molar-refractivity contribution in [2.75, 3.05) is 0 Å². The molecule has 0 saturated heterocycles. The Bertz CT molecular complexity index is 1150. The van der Waals surface area contributed by atoms with E-state index < -0.39 is 0 Å². The molecule has 0 saturated carbocycles. The zero-order chi connectivity index (χ0) is 19.5. The molecule has 2 heterocycles. The number of carbonyl (C=O) groups is 1. The second-order valence-corrected chi connectivity index (χ2v) is 6.61. The minimum atomic E-state index is -0.338. The summed E-state index contributed by atoms with van der Waals surface area (Å²) in [6, 6.07) is 16.0. The fraction of sp³-hybridized carbons (Fsp3) is 0.136. The number of fused-ring (bicyclic) bond motifs is 1. The molecule has 0 spiro atoms. The van der Waals surface area contributed by atoms with Gasteiger partial charge in [-0.1, -0.05) is 24.3 Å². The average molecular weight is 374 g/mol. The van der Waals surface area contributed by atoms with E-state index in [0.29, 0.717) is 12.1 Å². The maximum atomic E-state index is 13.4. The smallest absolute Gasteiger partial charge is 0.224 e. The first-order valence-corrected chi connectivity index (χ1v) is 9.00. The highest BCUT2D eigenvalue weighted by Crippen LogP contribution is 2.19. The van der Waals surface area contributed by atoms with Gasteiger partial charge in [-0.25, -0.2) is 14.4 Å². The third-order valence-electron chi connectivity index (χ3n) is 4.69. The van der Waals surface area contributed by atoms with Crippen LogP contribution in [-0.2, 0) is 17.8 Å². The summed E-state index contributed by atoms with van der Waals surface area (Å²) >= 11 is 0. The van der Waals surface area contributed by atoms with E-state index in [1.54, 1.807) is 18.6 Å². The van der Waals surface area contributed by atoms with Gasteiger partial charge in [0.1, 0.15) is 18.0 Å². The highest BCUT2D eigenvalue weighted by Gasteiger charge is 2.12. The molecular formula is C22H19FN4O. The van der Waals surface area contributed by atoms with Crippen molar-refractivity contribution in [2.45, 2.75) is 19.9 Å². The van der Waals surface area contributed by atoms with Gasteiger partial charge in [-0.2, -0.15) is 0 Å². The second kappa shape index (κ2) is 7.60. The van der Waals surface area contributed by atoms with Gasteiger partial charge in [0.2, 0.25) is 5.91 Å². The van der Waals surface area contributed by atoms with Gasteiger partial charge in [-0.05, 0) is 48.4 Å². The Balaban J connectivity index is 1.53. The number of nitrogens with one attached hydrogen (secondary N) is 1. The van der Waals surface area contributed by atoms with E-state index in [1.165, 1.54) is 12.1 Å². The molecule has 2 aromatic carbocycles. The van der Waals surface area contributed by atoms with Gasteiger partial charge in [-0.3, -0.25) is 9.36 Å². The molecule has 0 bridgehead atoms. The largest absolute Gasteiger partial charge is 0.352 e. The van der Waals surface area contributed by atoms with Crippen LogP contribution in [-0.4, -0.2) is 20.4 Å². The van der Waals surface area contributed by atoms with Crippen LogP contribution in [0.2, 0.25) is 0 Å². The molecule has 0 fully saturated rings. The number of nitrogens with zero attached hydrogens (tertiary/aromatic N) is 3. The number of hydrogen-bond donors (Lipinski definition) is 1. The van der Waals surface area contributed by atoms with Crippen molar-refractivity contribution in [3.8, 4) is 5.82 Å². The van der Waals surface area contributed by atoms with Crippen molar-refractivity contribution in [3.05, 3.63) is 89.6 Å². The van der Waals surface area contributed by atoms with E-state index in [0.717, 1.165) is 28.0 Å². The van der Waals surface area contributed by atoms with Crippen LogP contribution in [0.3, 0.4) is 0 Å². The Hall–Kier alpha value is -3.54. The summed E-state index contributed by atoms with van der Waals surface area (Å²) in [6.45, 7) is 2.19. The van der Waals surface area contributed by atoms with E-state index in [-0.39, 0.29) is 18.1 Å². The molecule has 1 amide bonds. The van der Waals surface area contributed by atoms with Crippen LogP contribution in [0.1, 0.15) is 16.7 Å². The average Bonchev–Trinajstić information content (AvgIpc) is 3.13. The first-order valence-electron chi connectivity index (χ1n) is 9.00. The molecule has 0 unspecified atom stereocenters. The summed E-state index contributed by atoms with van der Waals surface area (Å²) in [5.41, 5.74) is 4.27. The lowest BCUT2D eigenvalue weighted by molar-refractivity contribution is -0.120. The lowest BCUT2D eigenvalue weighted by Gasteiger charge is -2.12. The molecule has 0 atom stereocenters. The normalized spacial score (nSPS) is 10.9. The number of hydrogen-bond acceptors (Lipinski definition) is 3. The number of aryl methyl sites for hydroxylation is 1. The highest BCUT2D eigenvalue weighted by molar-refractivity contribution is 5.79. The maximum absolute atomic E-state index is 13.4. The number of aromatic nitrogens is 3. The van der Waals surface area contributed by atoms with Crippen LogP contribution >= 0.6 is 0 Å². The van der Waals surface area contributed by atoms with Gasteiger partial charge in [0.25, 0.3) is 0 Å². The summed E-state index contributed by atoms with van der Waals surface area (Å²) < 4.78 is 15.3. The van der Waals surface area contributed by atoms with E-state index in [2.05, 4.69) is 15.3 Å². The van der Waals surface area contributed by atoms with Crippen LogP contribution in [0.5, 0.6) is 0 Å². The number of para-hydroxylation sites is 2. The SMILES string of the molecule is Cc1ccc(F)cc1CC(=O)NCc1cccnc1-n1cnc2ccccc21. The number of pyridine rings is 1. The molecular weight excluding hydrogens is 355 g/mol. The second-order valence-electron chi connectivity index (χ2n) is 6.61. The number of rotatable bonds is 5. The number of amides is 1. The molecule has 4 rings (SSSR count). The molecule has 0 aliphatic heterocycles. The molecule has 6 heteroatoms. The van der Waals surface area contributed by atoms with Crippen molar-refractivity contribution >= 4 is 16.9 Å². The zero-order valence-electron chi connectivity index (χ0n) is 15.4. The third kappa shape index (κ3) is 3.62. The summed E-state index contributed by atoms with van der Waals surface area (Å²) in [4.78, 5) is 21.3. The number of imidazole rings is 1. The molecule has 4 aromatic rings. The number of benzene rings is 2. The summed E-state index contributed by atoms with van der Waals surface area (Å²) in [5.74, 6) is 0.215. The summed E-state index contributed by atoms with van der Waals surface area (Å²) in [6.07, 6.45) is 3.58. The zero-order valence-corrected chi connectivity index (χ0v) is 15.4. The highest BCUT2D eigenvalue weighted by atomic mass is 19.1. The lowest BCUT2D eigenvalue weighted by Crippen LogP contribution is -2.25. The van der Waals surface area contributed by atoms with Crippen molar-refractivity contribution in [1.29, 1.82) is 0 Å². The van der Waals surface area contributed by atoms with E-state index in [1.807, 2.05) is 47.9 Å². The molecule has 0 aliphatic carbocycles. The number of carbonyl (C=O) groups excluding carboxylic acids is 1. The monoisotopic (exact) mass is 374 g/mol. The van der Waals surface area contributed by atoms with E-state index in [4.69, 9.17) is 0 Å². The van der Waals surface area contributed by atoms with Gasteiger partial charge >= 0.3 is 0 Å². The Morgan fingerprint density at radius 2 is 1.93 bits per heavy atom. The van der Waals surface area contributed by atoms with E-state index in [9.17, 15) is 9.18 Å².